The topological polar surface area (TPSA) is 70.3 Å². The summed E-state index contributed by atoms with van der Waals surface area (Å²) in [5.41, 5.74) is 0.266. The second-order valence-corrected chi connectivity index (χ2v) is 9.04. The lowest BCUT2D eigenvalue weighted by molar-refractivity contribution is -0.147. The van der Waals surface area contributed by atoms with Crippen LogP contribution in [0.3, 0.4) is 0 Å². The molecule has 0 aliphatic carbocycles. The Bertz CT molecular complexity index is 579. The molecule has 2 unspecified atom stereocenters. The SMILES string of the molecule is Cc1cc(Cl)cc(Cl)c1OC(C)(C(=O)O)[Si](C)C(C)C#N. The van der Waals surface area contributed by atoms with Crippen LogP contribution in [0.2, 0.25) is 22.1 Å². The number of nitrogens with zero attached hydrogens (tertiary/aromatic N) is 1. The number of halogens is 2. The lowest BCUT2D eigenvalue weighted by atomic mass is 10.2. The molecular formula is C14H16Cl2NO3Si. The second-order valence-electron chi connectivity index (χ2n) is 5.01. The summed E-state index contributed by atoms with van der Waals surface area (Å²) in [5.74, 6) is -0.813. The predicted octanol–water partition coefficient (Wildman–Crippen LogP) is 4.10. The van der Waals surface area contributed by atoms with Crippen LogP contribution in [-0.2, 0) is 4.79 Å². The maximum Gasteiger partial charge on any atom is 0.343 e. The van der Waals surface area contributed by atoms with Gasteiger partial charge in [-0.3, -0.25) is 0 Å². The fourth-order valence-corrected chi connectivity index (χ4v) is 4.08. The van der Waals surface area contributed by atoms with Crippen molar-refractivity contribution in [3.63, 3.8) is 0 Å². The van der Waals surface area contributed by atoms with Crippen molar-refractivity contribution in [2.24, 2.45) is 0 Å². The molecule has 4 nitrogen and oxygen atoms in total. The van der Waals surface area contributed by atoms with Gasteiger partial charge in [-0.2, -0.15) is 5.26 Å². The average molecular weight is 345 g/mol. The normalized spacial score (nSPS) is 15.1. The molecule has 0 aliphatic rings. The molecule has 7 heteroatoms. The van der Waals surface area contributed by atoms with E-state index in [-0.39, 0.29) is 10.6 Å². The number of aliphatic carboxylic acids is 1. The van der Waals surface area contributed by atoms with Gasteiger partial charge in [0.1, 0.15) is 14.5 Å². The molecular weight excluding hydrogens is 329 g/mol. The van der Waals surface area contributed by atoms with Crippen LogP contribution in [0, 0.1) is 18.3 Å². The van der Waals surface area contributed by atoms with Gasteiger partial charge < -0.3 is 9.84 Å². The van der Waals surface area contributed by atoms with Crippen molar-refractivity contribution >= 4 is 38.0 Å². The Morgan fingerprint density at radius 3 is 2.52 bits per heavy atom. The van der Waals surface area contributed by atoms with Gasteiger partial charge in [0.25, 0.3) is 0 Å². The molecule has 113 valence electrons. The maximum absolute atomic E-state index is 11.7. The number of carboxylic acid groups (broad SMARTS) is 1. The summed E-state index contributed by atoms with van der Waals surface area (Å²) >= 11 is 12.0. The third-order valence-corrected chi connectivity index (χ3v) is 7.25. The van der Waals surface area contributed by atoms with Crippen LogP contribution in [0.5, 0.6) is 5.75 Å². The third kappa shape index (κ3) is 3.70. The number of aryl methyl sites for hydroxylation is 1. The fourth-order valence-electron chi connectivity index (χ4n) is 1.83. The molecule has 21 heavy (non-hydrogen) atoms. The van der Waals surface area contributed by atoms with Crippen LogP contribution < -0.4 is 4.74 Å². The molecule has 1 N–H and O–H groups in total. The largest absolute Gasteiger partial charge is 0.479 e. The lowest BCUT2D eigenvalue weighted by Gasteiger charge is -2.33. The lowest BCUT2D eigenvalue weighted by Crippen LogP contribution is -2.55. The zero-order chi connectivity index (χ0) is 16.4. The molecule has 0 heterocycles. The quantitative estimate of drug-likeness (QED) is 0.816. The minimum atomic E-state index is -1.67. The van der Waals surface area contributed by atoms with Gasteiger partial charge >= 0.3 is 5.97 Å². The molecule has 1 aromatic carbocycles. The number of rotatable bonds is 5. The predicted molar refractivity (Wildman–Crippen MR) is 84.5 cm³/mol. The Balaban J connectivity index is 3.28. The highest BCUT2D eigenvalue weighted by molar-refractivity contribution is 6.67. The Labute approximate surface area is 135 Å². The van der Waals surface area contributed by atoms with Crippen LogP contribution in [0.25, 0.3) is 0 Å². The van der Waals surface area contributed by atoms with Crippen molar-refractivity contribution in [1.29, 1.82) is 5.26 Å². The van der Waals surface area contributed by atoms with E-state index in [0.29, 0.717) is 16.3 Å². The second kappa shape index (κ2) is 6.69. The smallest absolute Gasteiger partial charge is 0.343 e. The van der Waals surface area contributed by atoms with E-state index in [9.17, 15) is 9.90 Å². The van der Waals surface area contributed by atoms with Crippen molar-refractivity contribution in [2.45, 2.75) is 38.1 Å². The monoisotopic (exact) mass is 344 g/mol. The number of ether oxygens (including phenoxy) is 1. The first-order chi connectivity index (χ1) is 9.63. The Hall–Kier alpha value is -1.22. The molecule has 1 radical (unpaired) electrons. The van der Waals surface area contributed by atoms with Crippen molar-refractivity contribution < 1.29 is 14.6 Å². The van der Waals surface area contributed by atoms with Gasteiger partial charge in [0, 0.05) is 10.6 Å². The zero-order valence-electron chi connectivity index (χ0n) is 12.2. The average Bonchev–Trinajstić information content (AvgIpc) is 2.40. The van der Waals surface area contributed by atoms with Crippen molar-refractivity contribution in [1.82, 2.24) is 0 Å². The van der Waals surface area contributed by atoms with Crippen molar-refractivity contribution in [3.05, 3.63) is 27.7 Å². The van der Waals surface area contributed by atoms with Gasteiger partial charge in [-0.05, 0) is 31.5 Å². The van der Waals surface area contributed by atoms with Gasteiger partial charge in [-0.25, -0.2) is 4.79 Å². The van der Waals surface area contributed by atoms with E-state index >= 15 is 0 Å². The van der Waals surface area contributed by atoms with E-state index in [1.165, 1.54) is 13.0 Å². The number of carbonyl (C=O) groups is 1. The van der Waals surface area contributed by atoms with Gasteiger partial charge in [-0.1, -0.05) is 36.7 Å². The molecule has 0 amide bonds. The first-order valence-electron chi connectivity index (χ1n) is 6.25. The summed E-state index contributed by atoms with van der Waals surface area (Å²) in [5, 5.41) is 17.9. The fraction of sp³-hybridized carbons (Fsp3) is 0.429. The van der Waals surface area contributed by atoms with E-state index in [1.807, 2.05) is 0 Å². The summed E-state index contributed by atoms with van der Waals surface area (Å²) in [6.07, 6.45) is 0. The van der Waals surface area contributed by atoms with Gasteiger partial charge in [-0.15, -0.1) is 0 Å². The van der Waals surface area contributed by atoms with Crippen molar-refractivity contribution in [2.75, 3.05) is 0 Å². The first-order valence-corrected chi connectivity index (χ1v) is 9.08. The molecule has 0 spiro atoms. The van der Waals surface area contributed by atoms with E-state index in [0.717, 1.165) is 0 Å². The highest BCUT2D eigenvalue weighted by Gasteiger charge is 2.46. The highest BCUT2D eigenvalue weighted by atomic mass is 35.5. The number of carboxylic acids is 1. The Morgan fingerprint density at radius 2 is 2.10 bits per heavy atom. The highest BCUT2D eigenvalue weighted by Crippen LogP contribution is 2.36. The summed E-state index contributed by atoms with van der Waals surface area (Å²) in [6, 6.07) is 5.25. The number of hydrogen-bond acceptors (Lipinski definition) is 3. The Kier molecular flexibility index (Phi) is 5.68. The number of benzene rings is 1. The molecule has 0 fully saturated rings. The molecule has 0 bridgehead atoms. The molecule has 1 rings (SSSR count). The van der Waals surface area contributed by atoms with Crippen LogP contribution >= 0.6 is 23.2 Å². The molecule has 2 atom stereocenters. The number of nitriles is 1. The zero-order valence-corrected chi connectivity index (χ0v) is 14.7. The van der Waals surface area contributed by atoms with Crippen LogP contribution in [-0.4, -0.2) is 25.1 Å². The molecule has 0 saturated carbocycles. The third-order valence-electron chi connectivity index (χ3n) is 3.50. The van der Waals surface area contributed by atoms with E-state index in [2.05, 4.69) is 6.07 Å². The molecule has 0 aliphatic heterocycles. The minimum absolute atomic E-state index is 0.256. The van der Waals surface area contributed by atoms with E-state index < -0.39 is 20.0 Å². The van der Waals surface area contributed by atoms with Gasteiger partial charge in [0.05, 0.1) is 11.1 Å². The Morgan fingerprint density at radius 1 is 1.52 bits per heavy atom. The summed E-state index contributed by atoms with van der Waals surface area (Å²) in [6.45, 7) is 6.70. The standard InChI is InChI=1S/C14H16Cl2NO3Si/c1-8-5-10(15)6-11(16)12(8)20-14(3,13(18)19)21(4)9(2)7-17/h5-6,9H,1-4H3,(H,18,19). The first kappa shape index (κ1) is 17.8. The summed E-state index contributed by atoms with van der Waals surface area (Å²) < 4.78 is 5.77. The van der Waals surface area contributed by atoms with Gasteiger partial charge in [0.2, 0.25) is 0 Å². The van der Waals surface area contributed by atoms with E-state index in [4.69, 9.17) is 33.2 Å². The maximum atomic E-state index is 11.7. The molecule has 0 aromatic heterocycles. The van der Waals surface area contributed by atoms with E-state index in [1.54, 1.807) is 26.5 Å². The van der Waals surface area contributed by atoms with Crippen molar-refractivity contribution in [3.8, 4) is 11.8 Å². The van der Waals surface area contributed by atoms with Crippen LogP contribution in [0.15, 0.2) is 12.1 Å². The summed E-state index contributed by atoms with van der Waals surface area (Å²) in [7, 11) is -1.67. The minimum Gasteiger partial charge on any atom is -0.479 e. The molecule has 1 aromatic rings. The number of hydrogen-bond donors (Lipinski definition) is 1. The van der Waals surface area contributed by atoms with Gasteiger partial charge in [0.15, 0.2) is 5.22 Å². The molecule has 0 saturated heterocycles. The van der Waals surface area contributed by atoms with Crippen LogP contribution in [0.4, 0.5) is 0 Å². The summed E-state index contributed by atoms with van der Waals surface area (Å²) in [4.78, 5) is 11.7. The van der Waals surface area contributed by atoms with Crippen LogP contribution in [0.1, 0.15) is 19.4 Å².